The highest BCUT2D eigenvalue weighted by Gasteiger charge is 2.21. The third kappa shape index (κ3) is 5.13. The van der Waals surface area contributed by atoms with Gasteiger partial charge in [-0.2, -0.15) is 0 Å². The summed E-state index contributed by atoms with van der Waals surface area (Å²) in [6.45, 7) is 0.270. The SMILES string of the molecule is O=C(COC(=O)Cc1ccc(Cl)cc1)NC[C@@H]1COc2ccccc2O1. The van der Waals surface area contributed by atoms with Gasteiger partial charge in [-0.05, 0) is 29.8 Å². The van der Waals surface area contributed by atoms with E-state index in [2.05, 4.69) is 5.32 Å². The molecule has 1 heterocycles. The lowest BCUT2D eigenvalue weighted by atomic mass is 10.1. The highest BCUT2D eigenvalue weighted by molar-refractivity contribution is 6.30. The first-order chi connectivity index (χ1) is 12.6. The average molecular weight is 376 g/mol. The van der Waals surface area contributed by atoms with Gasteiger partial charge >= 0.3 is 5.97 Å². The number of carbonyl (C=O) groups excluding carboxylic acids is 2. The Balaban J connectivity index is 1.37. The molecule has 1 amide bonds. The summed E-state index contributed by atoms with van der Waals surface area (Å²) in [5.74, 6) is 0.462. The summed E-state index contributed by atoms with van der Waals surface area (Å²) in [6.07, 6.45) is -0.209. The molecule has 0 radical (unpaired) electrons. The zero-order valence-corrected chi connectivity index (χ0v) is 14.7. The van der Waals surface area contributed by atoms with Gasteiger partial charge in [0, 0.05) is 5.02 Å². The number of hydrogen-bond acceptors (Lipinski definition) is 5. The van der Waals surface area contributed by atoms with Crippen molar-refractivity contribution < 1.29 is 23.8 Å². The van der Waals surface area contributed by atoms with Crippen LogP contribution in [0.15, 0.2) is 48.5 Å². The molecule has 136 valence electrons. The molecular weight excluding hydrogens is 358 g/mol. The number of benzene rings is 2. The molecule has 2 aromatic carbocycles. The smallest absolute Gasteiger partial charge is 0.310 e. The lowest BCUT2D eigenvalue weighted by molar-refractivity contribution is -0.148. The third-order valence-corrected chi connectivity index (χ3v) is 3.97. The molecular formula is C19H18ClNO5. The number of carbonyl (C=O) groups is 2. The number of hydrogen-bond donors (Lipinski definition) is 1. The van der Waals surface area contributed by atoms with Gasteiger partial charge in [0.15, 0.2) is 18.1 Å². The second kappa shape index (κ2) is 8.58. The molecule has 0 saturated carbocycles. The number of para-hydroxylation sites is 2. The zero-order chi connectivity index (χ0) is 18.4. The Morgan fingerprint density at radius 1 is 1.12 bits per heavy atom. The maximum absolute atomic E-state index is 11.8. The van der Waals surface area contributed by atoms with Crippen LogP contribution < -0.4 is 14.8 Å². The van der Waals surface area contributed by atoms with E-state index in [9.17, 15) is 9.59 Å². The fourth-order valence-corrected chi connectivity index (χ4v) is 2.53. The normalized spacial score (nSPS) is 15.2. The number of halogens is 1. The van der Waals surface area contributed by atoms with Crippen LogP contribution in [0.5, 0.6) is 11.5 Å². The fourth-order valence-electron chi connectivity index (χ4n) is 2.41. The number of nitrogens with one attached hydrogen (secondary N) is 1. The Morgan fingerprint density at radius 2 is 1.85 bits per heavy atom. The van der Waals surface area contributed by atoms with Crippen LogP contribution in [0.1, 0.15) is 5.56 Å². The van der Waals surface area contributed by atoms with Gasteiger partial charge in [0.05, 0.1) is 13.0 Å². The molecule has 3 rings (SSSR count). The van der Waals surface area contributed by atoms with E-state index in [4.69, 9.17) is 25.8 Å². The quantitative estimate of drug-likeness (QED) is 0.785. The van der Waals surface area contributed by atoms with Gasteiger partial charge in [0.1, 0.15) is 12.7 Å². The van der Waals surface area contributed by atoms with Crippen molar-refractivity contribution in [3.05, 3.63) is 59.1 Å². The molecule has 1 atom stereocenters. The molecule has 26 heavy (non-hydrogen) atoms. The van der Waals surface area contributed by atoms with Crippen molar-refractivity contribution in [1.29, 1.82) is 0 Å². The molecule has 0 aliphatic carbocycles. The minimum Gasteiger partial charge on any atom is -0.486 e. The predicted octanol–water partition coefficient (Wildman–Crippen LogP) is 2.38. The summed E-state index contributed by atoms with van der Waals surface area (Å²) >= 11 is 5.79. The van der Waals surface area contributed by atoms with Gasteiger partial charge in [0.2, 0.25) is 0 Å². The fraction of sp³-hybridized carbons (Fsp3) is 0.263. The van der Waals surface area contributed by atoms with Crippen molar-refractivity contribution in [2.45, 2.75) is 12.5 Å². The molecule has 0 saturated heterocycles. The van der Waals surface area contributed by atoms with E-state index in [1.165, 1.54) is 0 Å². The monoisotopic (exact) mass is 375 g/mol. The summed E-state index contributed by atoms with van der Waals surface area (Å²) in [5.41, 5.74) is 0.770. The molecule has 7 heteroatoms. The van der Waals surface area contributed by atoms with Crippen LogP contribution in [0.25, 0.3) is 0 Å². The van der Waals surface area contributed by atoms with E-state index < -0.39 is 11.9 Å². The highest BCUT2D eigenvalue weighted by atomic mass is 35.5. The molecule has 0 bridgehead atoms. The molecule has 1 N–H and O–H groups in total. The standard InChI is InChI=1S/C19H18ClNO5/c20-14-7-5-13(6-8-14)9-19(23)25-12-18(22)21-10-15-11-24-16-3-1-2-4-17(16)26-15/h1-8,15H,9-12H2,(H,21,22)/t15-/m1/s1. The number of amides is 1. The molecule has 6 nitrogen and oxygen atoms in total. The van der Waals surface area contributed by atoms with Crippen molar-refractivity contribution in [3.8, 4) is 11.5 Å². The number of rotatable bonds is 6. The Morgan fingerprint density at radius 3 is 2.62 bits per heavy atom. The average Bonchev–Trinajstić information content (AvgIpc) is 2.66. The van der Waals surface area contributed by atoms with E-state index in [1.54, 1.807) is 24.3 Å². The first kappa shape index (κ1) is 18.1. The van der Waals surface area contributed by atoms with Crippen LogP contribution in [0.4, 0.5) is 0 Å². The van der Waals surface area contributed by atoms with E-state index in [0.29, 0.717) is 23.1 Å². The summed E-state index contributed by atoms with van der Waals surface area (Å²) < 4.78 is 16.3. The lowest BCUT2D eigenvalue weighted by Gasteiger charge is -2.26. The van der Waals surface area contributed by atoms with Gasteiger partial charge in [-0.15, -0.1) is 0 Å². The number of ether oxygens (including phenoxy) is 3. The number of esters is 1. The molecule has 0 unspecified atom stereocenters. The van der Waals surface area contributed by atoms with Crippen molar-refractivity contribution in [2.24, 2.45) is 0 Å². The molecule has 1 aliphatic heterocycles. The molecule has 0 spiro atoms. The van der Waals surface area contributed by atoms with Crippen molar-refractivity contribution in [2.75, 3.05) is 19.8 Å². The Labute approximate surface area is 156 Å². The summed E-state index contributed by atoms with van der Waals surface area (Å²) in [4.78, 5) is 23.6. The van der Waals surface area contributed by atoms with Gasteiger partial charge in [-0.1, -0.05) is 35.9 Å². The van der Waals surface area contributed by atoms with E-state index in [0.717, 1.165) is 5.56 Å². The maximum Gasteiger partial charge on any atom is 0.310 e. The predicted molar refractivity (Wildman–Crippen MR) is 95.5 cm³/mol. The summed E-state index contributed by atoms with van der Waals surface area (Å²) in [7, 11) is 0. The summed E-state index contributed by atoms with van der Waals surface area (Å²) in [5, 5.41) is 3.27. The Hall–Kier alpha value is -2.73. The topological polar surface area (TPSA) is 73.9 Å². The van der Waals surface area contributed by atoms with Crippen molar-refractivity contribution >= 4 is 23.5 Å². The van der Waals surface area contributed by atoms with E-state index in [1.807, 2.05) is 24.3 Å². The Kier molecular flexibility index (Phi) is 5.96. The van der Waals surface area contributed by atoms with E-state index >= 15 is 0 Å². The van der Waals surface area contributed by atoms with Crippen LogP contribution in [0, 0.1) is 0 Å². The molecule has 2 aromatic rings. The molecule has 1 aliphatic rings. The van der Waals surface area contributed by atoms with Crippen LogP contribution in [0.2, 0.25) is 5.02 Å². The van der Waals surface area contributed by atoms with Crippen molar-refractivity contribution in [3.63, 3.8) is 0 Å². The van der Waals surface area contributed by atoms with Crippen LogP contribution in [-0.4, -0.2) is 37.7 Å². The van der Waals surface area contributed by atoms with Crippen molar-refractivity contribution in [1.82, 2.24) is 5.32 Å². The maximum atomic E-state index is 11.8. The van der Waals surface area contributed by atoms with Gasteiger partial charge in [-0.3, -0.25) is 9.59 Å². The lowest BCUT2D eigenvalue weighted by Crippen LogP contribution is -2.42. The van der Waals surface area contributed by atoms with Gasteiger partial charge in [0.25, 0.3) is 5.91 Å². The van der Waals surface area contributed by atoms with Gasteiger partial charge < -0.3 is 19.5 Å². The van der Waals surface area contributed by atoms with E-state index in [-0.39, 0.29) is 25.7 Å². The van der Waals surface area contributed by atoms with Crippen LogP contribution in [0.3, 0.4) is 0 Å². The second-order valence-electron chi connectivity index (χ2n) is 5.77. The highest BCUT2D eigenvalue weighted by Crippen LogP contribution is 2.30. The second-order valence-corrected chi connectivity index (χ2v) is 6.20. The molecule has 0 fully saturated rings. The van der Waals surface area contributed by atoms with Crippen LogP contribution >= 0.6 is 11.6 Å². The first-order valence-corrected chi connectivity index (χ1v) is 8.53. The first-order valence-electron chi connectivity index (χ1n) is 8.15. The van der Waals surface area contributed by atoms with Crippen LogP contribution in [-0.2, 0) is 20.7 Å². The van der Waals surface area contributed by atoms with Gasteiger partial charge in [-0.25, -0.2) is 0 Å². The third-order valence-electron chi connectivity index (χ3n) is 3.72. The largest absolute Gasteiger partial charge is 0.486 e. The number of fused-ring (bicyclic) bond motifs is 1. The molecule has 0 aromatic heterocycles. The minimum atomic E-state index is -0.478. The summed E-state index contributed by atoms with van der Waals surface area (Å²) in [6, 6.07) is 14.2. The zero-order valence-electron chi connectivity index (χ0n) is 13.9. The minimum absolute atomic E-state index is 0.0841. The Bertz CT molecular complexity index is 778.